The van der Waals surface area contributed by atoms with E-state index in [9.17, 15) is 14.4 Å². The Bertz CT molecular complexity index is 1990. The van der Waals surface area contributed by atoms with Gasteiger partial charge in [0.15, 0.2) is 5.69 Å². The van der Waals surface area contributed by atoms with Gasteiger partial charge in [-0.1, -0.05) is 0 Å². The van der Waals surface area contributed by atoms with Crippen LogP contribution in [0.15, 0.2) is 48.3 Å². The summed E-state index contributed by atoms with van der Waals surface area (Å²) in [7, 11) is 1.11. The zero-order valence-electron chi connectivity index (χ0n) is 33.4. The smallest absolute Gasteiger partial charge is 0.277 e. The highest BCUT2D eigenvalue weighted by molar-refractivity contribution is 6.09. The lowest BCUT2D eigenvalue weighted by molar-refractivity contribution is -0.119. The van der Waals surface area contributed by atoms with Gasteiger partial charge in [0.2, 0.25) is 5.91 Å². The van der Waals surface area contributed by atoms with Crippen LogP contribution < -0.4 is 20.3 Å². The number of hydrogen-bond acceptors (Lipinski definition) is 5. The SMILES string of the molecule is [2H]c1c([2H])c(-n2nc(C(N)=O)c3c2C(=O)N(c2c([2H])c([2H])c(N4C(=O)C([2H])([2H])C([2H])([2H])C([2H])([2H])C4([2H])[2H])c([2H])c2[2H])CC3)c([2H])c([2H])c1OC. The van der Waals surface area contributed by atoms with Gasteiger partial charge in [-0.15, -0.1) is 0 Å². The van der Waals surface area contributed by atoms with Gasteiger partial charge in [-0.05, 0) is 67.5 Å². The number of piperidine rings is 1. The van der Waals surface area contributed by atoms with Crippen molar-refractivity contribution in [1.82, 2.24) is 9.78 Å². The first-order valence-electron chi connectivity index (χ1n) is 17.7. The summed E-state index contributed by atoms with van der Waals surface area (Å²) in [5.74, 6) is -4.79. The summed E-state index contributed by atoms with van der Waals surface area (Å²) in [6, 6.07) is -7.47. The van der Waals surface area contributed by atoms with E-state index in [-0.39, 0.29) is 16.9 Å². The molecular weight excluding hydrogens is 434 g/mol. The van der Waals surface area contributed by atoms with E-state index < -0.39 is 132 Å². The van der Waals surface area contributed by atoms with E-state index in [1.807, 2.05) is 0 Å². The van der Waals surface area contributed by atoms with E-state index in [2.05, 4.69) is 5.10 Å². The number of nitrogens with zero attached hydrogens (tertiary/aromatic N) is 4. The fourth-order valence-electron chi connectivity index (χ4n) is 3.41. The van der Waals surface area contributed by atoms with Crippen LogP contribution in [0.25, 0.3) is 5.69 Å². The molecule has 9 nitrogen and oxygen atoms in total. The maximum absolute atomic E-state index is 14.2. The maximum Gasteiger partial charge on any atom is 0.277 e. The number of ether oxygens (including phenoxy) is 1. The Morgan fingerprint density at radius 1 is 1.03 bits per heavy atom. The quantitative estimate of drug-likeness (QED) is 0.610. The van der Waals surface area contributed by atoms with Crippen LogP contribution >= 0.6 is 0 Å². The molecule has 0 unspecified atom stereocenters. The van der Waals surface area contributed by atoms with Gasteiger partial charge in [0.1, 0.15) is 11.4 Å². The van der Waals surface area contributed by atoms with Crippen molar-refractivity contribution in [2.75, 3.05) is 30.0 Å². The molecule has 0 spiro atoms. The molecular formula is C25H25N5O4. The average molecular weight is 476 g/mol. The largest absolute Gasteiger partial charge is 0.497 e. The molecule has 3 aromatic rings. The van der Waals surface area contributed by atoms with E-state index in [1.54, 1.807) is 0 Å². The number of carbonyl (C=O) groups excluding carboxylic acids is 3. The number of primary amides is 1. The Morgan fingerprint density at radius 3 is 2.32 bits per heavy atom. The summed E-state index contributed by atoms with van der Waals surface area (Å²) < 4.78 is 139. The van der Waals surface area contributed by atoms with Gasteiger partial charge in [0.05, 0.1) is 23.8 Å². The molecule has 2 aliphatic rings. The van der Waals surface area contributed by atoms with Crippen LogP contribution in [-0.2, 0) is 11.2 Å². The number of hydrogen-bond donors (Lipinski definition) is 1. The highest BCUT2D eigenvalue weighted by Gasteiger charge is 2.34. The molecule has 3 amide bonds. The fourth-order valence-corrected chi connectivity index (χ4v) is 3.41. The van der Waals surface area contributed by atoms with Crippen molar-refractivity contribution in [3.63, 3.8) is 0 Å². The molecule has 34 heavy (non-hydrogen) atoms. The standard InChI is InChI=1S/C25H25N5O4/c1-34-19-11-9-18(10-12-19)30-23-20(22(27-30)24(26)32)13-15-29(25(23)33)17-7-5-16(6-8-17)28-14-3-2-4-21(28)31/h5-12H,2-4,13-15H2,1H3,(H2,26,32)/i2D2,3D2,4D2,5D,6D,7D,8D,9D,10D,11D,12D,14D2. The molecule has 2 aliphatic heterocycles. The number of carbonyl (C=O) groups is 3. The van der Waals surface area contributed by atoms with Gasteiger partial charge in [0.25, 0.3) is 11.8 Å². The highest BCUT2D eigenvalue weighted by Crippen LogP contribution is 2.31. The first kappa shape index (κ1) is 10.0. The minimum absolute atomic E-state index is 0.107. The number of rotatable bonds is 5. The van der Waals surface area contributed by atoms with Crippen LogP contribution in [0.2, 0.25) is 0 Å². The molecule has 3 heterocycles. The highest BCUT2D eigenvalue weighted by atomic mass is 16.5. The van der Waals surface area contributed by atoms with E-state index in [0.29, 0.717) is 9.58 Å². The number of nitrogens with two attached hydrogens (primary N) is 1. The van der Waals surface area contributed by atoms with Crippen molar-refractivity contribution in [3.8, 4) is 11.4 Å². The van der Waals surface area contributed by atoms with E-state index in [1.165, 1.54) is 0 Å². The molecule has 0 atom stereocenters. The Kier molecular flexibility index (Phi) is 2.55. The molecule has 0 bridgehead atoms. The number of amides is 3. The van der Waals surface area contributed by atoms with Crippen molar-refractivity contribution in [2.24, 2.45) is 5.73 Å². The molecule has 0 aliphatic carbocycles. The summed E-state index contributed by atoms with van der Waals surface area (Å²) in [4.78, 5) is 40.2. The zero-order chi connectivity index (χ0) is 38.0. The number of methoxy groups -OCH3 is 1. The van der Waals surface area contributed by atoms with Gasteiger partial charge < -0.3 is 20.3 Å². The summed E-state index contributed by atoms with van der Waals surface area (Å²) in [5, 5.41) is 4.01. The summed E-state index contributed by atoms with van der Waals surface area (Å²) in [6.45, 7) is -4.23. The lowest BCUT2D eigenvalue weighted by atomic mass is 10.0. The van der Waals surface area contributed by atoms with Gasteiger partial charge in [-0.25, -0.2) is 4.68 Å². The van der Waals surface area contributed by atoms with Gasteiger partial charge in [0, 0.05) is 47.3 Å². The van der Waals surface area contributed by atoms with Gasteiger partial charge >= 0.3 is 0 Å². The number of benzene rings is 2. The van der Waals surface area contributed by atoms with E-state index >= 15 is 0 Å². The summed E-state index contributed by atoms with van der Waals surface area (Å²) >= 11 is 0. The molecule has 0 saturated carbocycles. The second-order valence-electron chi connectivity index (χ2n) is 6.87. The molecule has 2 N–H and O–H groups in total. The molecule has 9 heteroatoms. The molecule has 5 rings (SSSR count). The molecule has 2 aromatic carbocycles. The third-order valence-electron chi connectivity index (χ3n) is 4.95. The Hall–Kier alpha value is -4.14. The Morgan fingerprint density at radius 2 is 1.68 bits per heavy atom. The van der Waals surface area contributed by atoms with Gasteiger partial charge in [-0.3, -0.25) is 14.4 Å². The predicted octanol–water partition coefficient (Wildman–Crippen LogP) is 2.70. The Balaban J connectivity index is 1.74. The topological polar surface area (TPSA) is 111 Å². The number of anilines is 2. The van der Waals surface area contributed by atoms with Crippen LogP contribution in [0.1, 0.15) is 67.6 Å². The van der Waals surface area contributed by atoms with Crippen LogP contribution in [0.3, 0.4) is 0 Å². The lowest BCUT2D eigenvalue weighted by Crippen LogP contribution is -2.39. The van der Waals surface area contributed by atoms with Gasteiger partial charge in [-0.2, -0.15) is 5.10 Å². The monoisotopic (exact) mass is 475 g/mol. The van der Waals surface area contributed by atoms with Crippen molar-refractivity contribution < 1.29 is 41.1 Å². The van der Waals surface area contributed by atoms with Crippen LogP contribution in [0.5, 0.6) is 5.75 Å². The first-order chi connectivity index (χ1) is 22.8. The summed E-state index contributed by atoms with van der Waals surface area (Å²) in [5.41, 5.74) is 1.73. The Labute approximate surface area is 219 Å². The predicted molar refractivity (Wildman–Crippen MR) is 127 cm³/mol. The second kappa shape index (κ2) is 8.66. The van der Waals surface area contributed by atoms with Crippen LogP contribution in [-0.4, -0.2) is 47.7 Å². The molecule has 1 aromatic heterocycles. The lowest BCUT2D eigenvalue weighted by Gasteiger charge is -2.29. The molecule has 0 radical (unpaired) electrons. The van der Waals surface area contributed by atoms with Crippen molar-refractivity contribution in [3.05, 3.63) is 65.3 Å². The summed E-state index contributed by atoms with van der Waals surface area (Å²) in [6.07, 6.45) is -11.6. The first-order valence-corrected chi connectivity index (χ1v) is 9.67. The maximum atomic E-state index is 14.2. The van der Waals surface area contributed by atoms with Crippen molar-refractivity contribution >= 4 is 29.1 Å². The minimum Gasteiger partial charge on any atom is -0.497 e. The normalized spacial score (nSPS) is 28.6. The fraction of sp³-hybridized carbons (Fsp3) is 0.280. The molecule has 174 valence electrons. The van der Waals surface area contributed by atoms with Crippen LogP contribution in [0, 0.1) is 0 Å². The van der Waals surface area contributed by atoms with E-state index in [0.717, 1.165) is 7.11 Å². The second-order valence-corrected chi connectivity index (χ2v) is 6.87. The van der Waals surface area contributed by atoms with Crippen LogP contribution in [0.4, 0.5) is 11.4 Å². The number of aromatic nitrogens is 2. The van der Waals surface area contributed by atoms with Crippen molar-refractivity contribution in [1.29, 1.82) is 0 Å². The minimum atomic E-state index is -3.80. The van der Waals surface area contributed by atoms with Crippen molar-refractivity contribution in [2.45, 2.75) is 25.5 Å². The number of fused-ring (bicyclic) bond motifs is 1. The molecule has 1 fully saturated rings. The average Bonchev–Trinajstić information content (AvgIpc) is 3.42. The zero-order valence-corrected chi connectivity index (χ0v) is 17.4. The third-order valence-corrected chi connectivity index (χ3v) is 4.95. The third kappa shape index (κ3) is 3.68. The molecule has 1 saturated heterocycles. The van der Waals surface area contributed by atoms with E-state index in [4.69, 9.17) is 32.4 Å².